The van der Waals surface area contributed by atoms with Crippen molar-refractivity contribution in [3.8, 4) is 0 Å². The number of carbonyl (C=O) groups is 3. The van der Waals surface area contributed by atoms with Gasteiger partial charge in [0.05, 0.1) is 18.3 Å². The Labute approximate surface area is 215 Å². The molecule has 11 nitrogen and oxygen atoms in total. The molecule has 194 valence electrons. The van der Waals surface area contributed by atoms with Gasteiger partial charge in [0.25, 0.3) is 17.4 Å². The summed E-state index contributed by atoms with van der Waals surface area (Å²) in [7, 11) is 0. The van der Waals surface area contributed by atoms with Gasteiger partial charge in [0, 0.05) is 17.8 Å². The molecule has 0 spiro atoms. The van der Waals surface area contributed by atoms with Gasteiger partial charge in [0.2, 0.25) is 5.91 Å². The van der Waals surface area contributed by atoms with Crippen LogP contribution in [0.25, 0.3) is 5.65 Å². The van der Waals surface area contributed by atoms with E-state index in [1.54, 1.807) is 12.1 Å². The van der Waals surface area contributed by atoms with Crippen molar-refractivity contribution in [1.29, 1.82) is 0 Å². The number of carbonyl (C=O) groups excluding carboxylic acids is 3. The second-order valence-corrected chi connectivity index (χ2v) is 9.22. The first kappa shape index (κ1) is 24.8. The molecular weight excluding hydrogens is 493 g/mol. The van der Waals surface area contributed by atoms with Crippen molar-refractivity contribution < 1.29 is 18.8 Å². The summed E-state index contributed by atoms with van der Waals surface area (Å²) in [6.45, 7) is 5.16. The number of hydrogen-bond acceptors (Lipinski definition) is 6. The Morgan fingerprint density at radius 3 is 2.55 bits per heavy atom. The fraction of sp³-hybridized carbons (Fsp3) is 0.231. The van der Waals surface area contributed by atoms with E-state index in [0.29, 0.717) is 5.69 Å². The minimum absolute atomic E-state index is 0.0480. The molecule has 12 heteroatoms. The van der Waals surface area contributed by atoms with Gasteiger partial charge in [-0.1, -0.05) is 18.2 Å². The van der Waals surface area contributed by atoms with Crippen molar-refractivity contribution in [3.63, 3.8) is 0 Å². The van der Waals surface area contributed by atoms with Gasteiger partial charge in [0.1, 0.15) is 29.5 Å². The molecule has 4 aromatic rings. The summed E-state index contributed by atoms with van der Waals surface area (Å²) in [5.41, 5.74) is 1.16. The lowest BCUT2D eigenvalue weighted by molar-refractivity contribution is -0.116. The Hall–Kier alpha value is -4.87. The highest BCUT2D eigenvalue weighted by Crippen LogP contribution is 2.25. The van der Waals surface area contributed by atoms with E-state index in [-0.39, 0.29) is 47.5 Å². The van der Waals surface area contributed by atoms with E-state index in [9.17, 15) is 23.6 Å². The number of rotatable bonds is 6. The molecule has 0 bridgehead atoms. The van der Waals surface area contributed by atoms with Crippen LogP contribution in [0.15, 0.2) is 53.5 Å². The van der Waals surface area contributed by atoms with Crippen LogP contribution in [0.3, 0.4) is 0 Å². The van der Waals surface area contributed by atoms with Crippen LogP contribution in [0.5, 0.6) is 0 Å². The average Bonchev–Trinajstić information content (AvgIpc) is 3.47. The number of nitrogens with zero attached hydrogens (tertiary/aromatic N) is 5. The highest BCUT2D eigenvalue weighted by atomic mass is 19.1. The molecular formula is C26H24FN7O4. The molecule has 38 heavy (non-hydrogen) atoms. The number of anilines is 2. The molecule has 0 fully saturated rings. The maximum Gasteiger partial charge on any atom is 0.280 e. The first-order valence-corrected chi connectivity index (χ1v) is 11.9. The van der Waals surface area contributed by atoms with Crippen LogP contribution in [0.2, 0.25) is 0 Å². The van der Waals surface area contributed by atoms with Crippen LogP contribution in [0.4, 0.5) is 15.9 Å². The quantitative estimate of drug-likeness (QED) is 0.404. The lowest BCUT2D eigenvalue weighted by Gasteiger charge is -2.20. The summed E-state index contributed by atoms with van der Waals surface area (Å²) in [6, 6.07) is 10.8. The van der Waals surface area contributed by atoms with Crippen molar-refractivity contribution in [2.24, 2.45) is 0 Å². The highest BCUT2D eigenvalue weighted by Gasteiger charge is 2.36. The monoisotopic (exact) mass is 517 g/mol. The molecule has 0 radical (unpaired) electrons. The van der Waals surface area contributed by atoms with Gasteiger partial charge in [-0.3, -0.25) is 19.2 Å². The first-order chi connectivity index (χ1) is 18.1. The molecule has 0 aliphatic carbocycles. The van der Waals surface area contributed by atoms with Crippen molar-refractivity contribution in [1.82, 2.24) is 24.1 Å². The number of hydrogen-bond donors (Lipinski definition) is 2. The maximum atomic E-state index is 13.4. The number of halogens is 1. The van der Waals surface area contributed by atoms with Crippen LogP contribution in [0.1, 0.15) is 46.0 Å². The standard InChI is InChI=1S/C26H24FN7O4/c1-14(2)32-12-17-23(26(32)38)33(13-21(35)30-20-9-8-16(27)11-28-20)22-10-19(31-34(22)25(17)37)24(36)29-18-7-5-4-6-15(18)3/h4-11,14H,12-13H2,1-3H3,(H,29,36)(H,28,30,35). The zero-order chi connectivity index (χ0) is 27.1. The van der Waals surface area contributed by atoms with Crippen molar-refractivity contribution in [3.05, 3.63) is 87.3 Å². The Bertz CT molecular complexity index is 1660. The Morgan fingerprint density at radius 1 is 1.11 bits per heavy atom. The molecule has 3 aromatic heterocycles. The van der Waals surface area contributed by atoms with Crippen LogP contribution in [-0.2, 0) is 17.9 Å². The summed E-state index contributed by atoms with van der Waals surface area (Å²) in [4.78, 5) is 58.0. The summed E-state index contributed by atoms with van der Waals surface area (Å²) in [5, 5.41) is 9.56. The number of amides is 3. The summed E-state index contributed by atoms with van der Waals surface area (Å²) < 4.78 is 15.6. The third-order valence-electron chi connectivity index (χ3n) is 6.31. The molecule has 1 aliphatic rings. The average molecular weight is 518 g/mol. The van der Waals surface area contributed by atoms with Crippen LogP contribution >= 0.6 is 0 Å². The van der Waals surface area contributed by atoms with E-state index in [2.05, 4.69) is 20.7 Å². The molecule has 3 amide bonds. The zero-order valence-corrected chi connectivity index (χ0v) is 20.9. The van der Waals surface area contributed by atoms with Gasteiger partial charge >= 0.3 is 0 Å². The Morgan fingerprint density at radius 2 is 1.87 bits per heavy atom. The van der Waals surface area contributed by atoms with Gasteiger partial charge in [-0.15, -0.1) is 0 Å². The summed E-state index contributed by atoms with van der Waals surface area (Å²) >= 11 is 0. The van der Waals surface area contributed by atoms with Gasteiger partial charge in [-0.05, 0) is 44.5 Å². The lowest BCUT2D eigenvalue weighted by atomic mass is 10.2. The molecule has 4 heterocycles. The molecule has 0 saturated carbocycles. The number of benzene rings is 1. The number of para-hydroxylation sites is 1. The number of aromatic nitrogens is 4. The van der Waals surface area contributed by atoms with E-state index in [0.717, 1.165) is 22.3 Å². The fourth-order valence-electron chi connectivity index (χ4n) is 4.35. The summed E-state index contributed by atoms with van der Waals surface area (Å²) in [6.07, 6.45) is 0.964. The van der Waals surface area contributed by atoms with Gasteiger partial charge in [-0.2, -0.15) is 9.61 Å². The zero-order valence-electron chi connectivity index (χ0n) is 20.9. The number of pyridine rings is 1. The molecule has 5 rings (SSSR count). The Kier molecular flexibility index (Phi) is 6.23. The van der Waals surface area contributed by atoms with Crippen LogP contribution in [0, 0.1) is 12.7 Å². The van der Waals surface area contributed by atoms with Crippen molar-refractivity contribution >= 4 is 34.9 Å². The third-order valence-corrected chi connectivity index (χ3v) is 6.31. The maximum absolute atomic E-state index is 13.4. The second-order valence-electron chi connectivity index (χ2n) is 9.22. The van der Waals surface area contributed by atoms with Crippen molar-refractivity contribution in [2.45, 2.75) is 39.9 Å². The van der Waals surface area contributed by atoms with Gasteiger partial charge in [-0.25, -0.2) is 9.37 Å². The molecule has 1 aliphatic heterocycles. The molecule has 2 N–H and O–H groups in total. The largest absolute Gasteiger partial charge is 0.330 e. The highest BCUT2D eigenvalue weighted by molar-refractivity contribution is 6.04. The predicted molar refractivity (Wildman–Crippen MR) is 136 cm³/mol. The number of nitrogens with one attached hydrogen (secondary N) is 2. The Balaban J connectivity index is 1.57. The topological polar surface area (TPSA) is 131 Å². The predicted octanol–water partition coefficient (Wildman–Crippen LogP) is 2.59. The minimum Gasteiger partial charge on any atom is -0.330 e. The summed E-state index contributed by atoms with van der Waals surface area (Å²) in [5.74, 6) is -1.97. The molecule has 0 saturated heterocycles. The van der Waals surface area contributed by atoms with Crippen LogP contribution < -0.4 is 16.2 Å². The molecule has 0 atom stereocenters. The van der Waals surface area contributed by atoms with Gasteiger partial charge in [0.15, 0.2) is 5.69 Å². The SMILES string of the molecule is Cc1ccccc1NC(=O)c1cc2n(CC(=O)Nc3ccc(F)cn3)c3c(c(=O)n2n1)CN(C(C)C)C3=O. The van der Waals surface area contributed by atoms with E-state index < -0.39 is 29.1 Å². The first-order valence-electron chi connectivity index (χ1n) is 11.9. The van der Waals surface area contributed by atoms with Gasteiger partial charge < -0.3 is 20.1 Å². The van der Waals surface area contributed by atoms with E-state index in [1.165, 1.54) is 21.6 Å². The third kappa shape index (κ3) is 4.40. The normalized spacial score (nSPS) is 12.8. The number of fused-ring (bicyclic) bond motifs is 2. The van der Waals surface area contributed by atoms with Crippen LogP contribution in [-0.4, -0.2) is 47.8 Å². The second kappa shape index (κ2) is 9.54. The number of aryl methyl sites for hydroxylation is 1. The smallest absolute Gasteiger partial charge is 0.280 e. The van der Waals surface area contributed by atoms with E-state index in [1.807, 2.05) is 32.9 Å². The lowest BCUT2D eigenvalue weighted by Crippen LogP contribution is -2.32. The molecule has 1 aromatic carbocycles. The van der Waals surface area contributed by atoms with Crippen molar-refractivity contribution in [2.75, 3.05) is 10.6 Å². The van der Waals surface area contributed by atoms with E-state index >= 15 is 0 Å². The van der Waals surface area contributed by atoms with E-state index in [4.69, 9.17) is 0 Å². The fourth-order valence-corrected chi connectivity index (χ4v) is 4.35. The minimum atomic E-state index is -0.570. The molecule has 0 unspecified atom stereocenters.